The lowest BCUT2D eigenvalue weighted by atomic mass is 10.1. The Balaban J connectivity index is 3.26. The molecule has 1 aromatic rings. The first-order valence-electron chi connectivity index (χ1n) is 4.28. The quantitative estimate of drug-likeness (QED) is 0.862. The summed E-state index contributed by atoms with van der Waals surface area (Å²) in [5.74, 6) is 0. The van der Waals surface area contributed by atoms with Crippen LogP contribution in [0.2, 0.25) is 10.0 Å². The number of aliphatic hydroxyl groups is 1. The van der Waals surface area contributed by atoms with E-state index in [1.165, 1.54) is 18.2 Å². The van der Waals surface area contributed by atoms with E-state index in [-0.39, 0.29) is 10.6 Å². The molecule has 1 aromatic carbocycles. The molecule has 1 N–H and O–H groups in total. The molecule has 0 saturated heterocycles. The molecule has 0 heterocycles. The fraction of sp³-hybridized carbons (Fsp3) is 0.333. The maximum absolute atomic E-state index is 11.4. The second-order valence-electron chi connectivity index (χ2n) is 3.40. The summed E-state index contributed by atoms with van der Waals surface area (Å²) in [6.07, 6.45) is -0.856. The standard InChI is InChI=1S/C9H8Cl4O3S/c1-17(15,16)9(12,13)8(14)6-3-2-5(10)4-7(6)11/h2-4,8,14H,1H3. The molecule has 0 spiro atoms. The van der Waals surface area contributed by atoms with Gasteiger partial charge in [-0.3, -0.25) is 0 Å². The van der Waals surface area contributed by atoms with Crippen molar-refractivity contribution in [3.05, 3.63) is 33.8 Å². The number of benzene rings is 1. The van der Waals surface area contributed by atoms with Gasteiger partial charge in [0, 0.05) is 21.9 Å². The molecule has 96 valence electrons. The summed E-state index contributed by atoms with van der Waals surface area (Å²) in [6.45, 7) is 0. The van der Waals surface area contributed by atoms with Crippen molar-refractivity contribution < 1.29 is 13.5 Å². The van der Waals surface area contributed by atoms with E-state index in [0.717, 1.165) is 6.26 Å². The fourth-order valence-electron chi connectivity index (χ4n) is 1.11. The monoisotopic (exact) mass is 336 g/mol. The van der Waals surface area contributed by atoms with Crippen LogP contribution in [-0.2, 0) is 9.84 Å². The predicted molar refractivity (Wildman–Crippen MR) is 70.7 cm³/mol. The van der Waals surface area contributed by atoms with Crippen LogP contribution in [0.25, 0.3) is 0 Å². The molecule has 17 heavy (non-hydrogen) atoms. The first-order valence-corrected chi connectivity index (χ1v) is 7.68. The third kappa shape index (κ3) is 3.19. The minimum atomic E-state index is -3.89. The second-order valence-corrected chi connectivity index (χ2v) is 8.27. The van der Waals surface area contributed by atoms with Crippen molar-refractivity contribution >= 4 is 56.2 Å². The Kier molecular flexibility index (Phi) is 4.62. The van der Waals surface area contributed by atoms with Crippen molar-refractivity contribution in [1.29, 1.82) is 0 Å². The molecule has 0 radical (unpaired) electrons. The molecule has 0 aromatic heterocycles. The SMILES string of the molecule is CS(=O)(=O)C(Cl)(Cl)C(O)c1ccc(Cl)cc1Cl. The van der Waals surface area contributed by atoms with Gasteiger partial charge >= 0.3 is 0 Å². The van der Waals surface area contributed by atoms with Crippen molar-refractivity contribution in [2.75, 3.05) is 6.26 Å². The molecule has 0 bridgehead atoms. The Bertz CT molecular complexity index is 527. The Morgan fingerprint density at radius 3 is 2.24 bits per heavy atom. The van der Waals surface area contributed by atoms with Crippen LogP contribution in [0.3, 0.4) is 0 Å². The molecule has 3 nitrogen and oxygen atoms in total. The molecular weight excluding hydrogens is 330 g/mol. The van der Waals surface area contributed by atoms with Crippen molar-refractivity contribution in [3.63, 3.8) is 0 Å². The average Bonchev–Trinajstić information content (AvgIpc) is 2.14. The molecule has 1 unspecified atom stereocenters. The lowest BCUT2D eigenvalue weighted by Crippen LogP contribution is -2.32. The number of alkyl halides is 2. The van der Waals surface area contributed by atoms with E-state index in [1.54, 1.807) is 0 Å². The molecular formula is C9H8Cl4O3S. The summed E-state index contributed by atoms with van der Waals surface area (Å²) >= 11 is 22.8. The van der Waals surface area contributed by atoms with Gasteiger partial charge in [0.25, 0.3) is 0 Å². The number of sulfone groups is 1. The van der Waals surface area contributed by atoms with E-state index in [1.807, 2.05) is 0 Å². The van der Waals surface area contributed by atoms with E-state index in [2.05, 4.69) is 0 Å². The predicted octanol–water partition coefficient (Wildman–Crippen LogP) is 3.20. The van der Waals surface area contributed by atoms with Gasteiger partial charge in [-0.25, -0.2) is 8.42 Å². The third-order valence-corrected chi connectivity index (χ3v) is 5.94. The highest BCUT2D eigenvalue weighted by Gasteiger charge is 2.45. The number of hydrogen-bond acceptors (Lipinski definition) is 3. The van der Waals surface area contributed by atoms with Gasteiger partial charge in [0.05, 0.1) is 0 Å². The molecule has 1 rings (SSSR count). The lowest BCUT2D eigenvalue weighted by Gasteiger charge is -2.24. The van der Waals surface area contributed by atoms with E-state index in [4.69, 9.17) is 46.4 Å². The third-order valence-electron chi connectivity index (χ3n) is 2.07. The van der Waals surface area contributed by atoms with Gasteiger partial charge in [-0.05, 0) is 12.1 Å². The Morgan fingerprint density at radius 2 is 1.82 bits per heavy atom. The molecule has 0 aliphatic heterocycles. The fourth-order valence-corrected chi connectivity index (χ4v) is 2.39. The Hall–Kier alpha value is 0.290. The van der Waals surface area contributed by atoms with Crippen LogP contribution in [0, 0.1) is 0 Å². The van der Waals surface area contributed by atoms with Gasteiger partial charge in [-0.2, -0.15) is 0 Å². The van der Waals surface area contributed by atoms with Gasteiger partial charge < -0.3 is 5.11 Å². The summed E-state index contributed by atoms with van der Waals surface area (Å²) in [5.41, 5.74) is 0.0893. The normalized spacial score (nSPS) is 14.7. The topological polar surface area (TPSA) is 54.4 Å². The maximum atomic E-state index is 11.4. The number of rotatable bonds is 3. The van der Waals surface area contributed by atoms with Crippen LogP contribution in [0.5, 0.6) is 0 Å². The van der Waals surface area contributed by atoms with Crippen LogP contribution in [0.15, 0.2) is 18.2 Å². The maximum Gasteiger partial charge on any atom is 0.247 e. The van der Waals surface area contributed by atoms with E-state index in [9.17, 15) is 13.5 Å². The minimum absolute atomic E-state index is 0.0827. The van der Waals surface area contributed by atoms with Crippen LogP contribution in [-0.4, -0.2) is 23.4 Å². The van der Waals surface area contributed by atoms with Gasteiger partial charge in [-0.1, -0.05) is 52.5 Å². The lowest BCUT2D eigenvalue weighted by molar-refractivity contribution is 0.181. The highest BCUT2D eigenvalue weighted by molar-refractivity contribution is 7.94. The number of halogens is 4. The average molecular weight is 338 g/mol. The van der Waals surface area contributed by atoms with E-state index in [0.29, 0.717) is 5.02 Å². The van der Waals surface area contributed by atoms with Gasteiger partial charge in [0.1, 0.15) is 6.10 Å². The molecule has 0 amide bonds. The summed E-state index contributed by atoms with van der Waals surface area (Å²) in [7, 11) is -3.89. The molecule has 8 heteroatoms. The largest absolute Gasteiger partial charge is 0.384 e. The van der Waals surface area contributed by atoms with Crippen LogP contribution in [0.1, 0.15) is 11.7 Å². The molecule has 1 atom stereocenters. The molecule has 0 aliphatic rings. The van der Waals surface area contributed by atoms with Gasteiger partial charge in [0.15, 0.2) is 9.84 Å². The number of aliphatic hydroxyl groups excluding tert-OH is 1. The van der Waals surface area contributed by atoms with Crippen LogP contribution in [0.4, 0.5) is 0 Å². The first kappa shape index (κ1) is 15.3. The van der Waals surface area contributed by atoms with Crippen LogP contribution < -0.4 is 0 Å². The van der Waals surface area contributed by atoms with E-state index < -0.39 is 19.6 Å². The molecule has 0 saturated carbocycles. The highest BCUT2D eigenvalue weighted by atomic mass is 35.5. The summed E-state index contributed by atoms with van der Waals surface area (Å²) < 4.78 is 20.3. The second kappa shape index (κ2) is 5.11. The zero-order valence-electron chi connectivity index (χ0n) is 8.49. The Morgan fingerprint density at radius 1 is 1.29 bits per heavy atom. The first-order chi connectivity index (χ1) is 7.57. The minimum Gasteiger partial charge on any atom is -0.384 e. The zero-order chi connectivity index (χ0) is 13.4. The van der Waals surface area contributed by atoms with Gasteiger partial charge in [0.2, 0.25) is 3.67 Å². The van der Waals surface area contributed by atoms with Crippen molar-refractivity contribution in [2.24, 2.45) is 0 Å². The molecule has 0 aliphatic carbocycles. The highest BCUT2D eigenvalue weighted by Crippen LogP contribution is 2.42. The van der Waals surface area contributed by atoms with Gasteiger partial charge in [-0.15, -0.1) is 0 Å². The van der Waals surface area contributed by atoms with Crippen molar-refractivity contribution in [1.82, 2.24) is 0 Å². The van der Waals surface area contributed by atoms with E-state index >= 15 is 0 Å². The van der Waals surface area contributed by atoms with Crippen molar-refractivity contribution in [2.45, 2.75) is 9.77 Å². The van der Waals surface area contributed by atoms with Crippen molar-refractivity contribution in [3.8, 4) is 0 Å². The molecule has 0 fully saturated rings. The Labute approximate surface area is 119 Å². The zero-order valence-corrected chi connectivity index (χ0v) is 12.3. The summed E-state index contributed by atoms with van der Waals surface area (Å²) in [6, 6.07) is 4.16. The smallest absolute Gasteiger partial charge is 0.247 e. The van der Waals surface area contributed by atoms with Crippen LogP contribution >= 0.6 is 46.4 Å². The number of hydrogen-bond donors (Lipinski definition) is 1. The summed E-state index contributed by atoms with van der Waals surface area (Å²) in [4.78, 5) is 0. The summed E-state index contributed by atoms with van der Waals surface area (Å²) in [5, 5.41) is 10.3.